The lowest BCUT2D eigenvalue weighted by atomic mass is 9.92. The highest BCUT2D eigenvalue weighted by Crippen LogP contribution is 2.21. The third-order valence-corrected chi connectivity index (χ3v) is 6.15. The first-order chi connectivity index (χ1) is 13.9. The fourth-order valence-electron chi connectivity index (χ4n) is 4.52. The van der Waals surface area contributed by atoms with Crippen molar-refractivity contribution in [3.05, 3.63) is 35.4 Å². The molecule has 1 N–H and O–H groups in total. The van der Waals surface area contributed by atoms with Crippen molar-refractivity contribution in [3.63, 3.8) is 0 Å². The summed E-state index contributed by atoms with van der Waals surface area (Å²) in [5.41, 5.74) is 2.36. The van der Waals surface area contributed by atoms with E-state index in [2.05, 4.69) is 48.0 Å². The molecule has 0 radical (unpaired) electrons. The number of hydrogen-bond acceptors (Lipinski definition) is 4. The molecule has 2 aliphatic heterocycles. The van der Waals surface area contributed by atoms with Gasteiger partial charge < -0.3 is 10.2 Å². The van der Waals surface area contributed by atoms with Crippen molar-refractivity contribution in [1.82, 2.24) is 20.0 Å². The van der Waals surface area contributed by atoms with Crippen LogP contribution in [0.25, 0.3) is 0 Å². The van der Waals surface area contributed by atoms with Crippen LogP contribution in [0.5, 0.6) is 0 Å². The molecule has 6 heteroatoms. The van der Waals surface area contributed by atoms with E-state index >= 15 is 0 Å². The first kappa shape index (κ1) is 21.8. The number of nitrogens with zero attached hydrogens (tertiary/aromatic N) is 3. The largest absolute Gasteiger partial charge is 0.351 e. The molecule has 6 nitrogen and oxygen atoms in total. The van der Waals surface area contributed by atoms with Crippen molar-refractivity contribution in [2.45, 2.75) is 33.7 Å². The molecule has 2 saturated heterocycles. The maximum Gasteiger partial charge on any atom is 0.236 e. The van der Waals surface area contributed by atoms with E-state index in [0.717, 1.165) is 44.8 Å². The number of carbonyl (C=O) groups excluding carboxylic acids is 2. The van der Waals surface area contributed by atoms with E-state index in [0.29, 0.717) is 31.5 Å². The number of likely N-dealkylation sites (tertiary alicyclic amines) is 1. The molecule has 1 aromatic carbocycles. The molecule has 2 atom stereocenters. The van der Waals surface area contributed by atoms with Crippen LogP contribution in [0, 0.1) is 18.8 Å². The fraction of sp³-hybridized carbons (Fsp3) is 0.652. The maximum absolute atomic E-state index is 12.7. The lowest BCUT2D eigenvalue weighted by Gasteiger charge is -2.38. The Morgan fingerprint density at radius 1 is 0.966 bits per heavy atom. The fourth-order valence-corrected chi connectivity index (χ4v) is 4.52. The molecule has 2 heterocycles. The van der Waals surface area contributed by atoms with Gasteiger partial charge in [0.15, 0.2) is 0 Å². The zero-order valence-corrected chi connectivity index (χ0v) is 18.2. The van der Waals surface area contributed by atoms with Crippen LogP contribution in [-0.4, -0.2) is 78.9 Å². The predicted octanol–water partition coefficient (Wildman–Crippen LogP) is 1.73. The summed E-state index contributed by atoms with van der Waals surface area (Å²) >= 11 is 0. The molecule has 1 aromatic rings. The van der Waals surface area contributed by atoms with E-state index < -0.39 is 0 Å². The smallest absolute Gasteiger partial charge is 0.236 e. The predicted molar refractivity (Wildman–Crippen MR) is 115 cm³/mol. The number of benzene rings is 1. The first-order valence-electron chi connectivity index (χ1n) is 10.9. The number of piperidine rings is 1. The Kier molecular flexibility index (Phi) is 7.67. The van der Waals surface area contributed by atoms with Crippen molar-refractivity contribution < 1.29 is 9.59 Å². The standard InChI is InChI=1S/C23H36N4O2/c1-18-12-19(2)15-27(14-18)23(29)17-26-10-8-25(9-11-26)16-22(28)24-13-21-7-5-4-6-20(21)3/h4-7,18-19H,8-17H2,1-3H3,(H,24,28)/t18-,19-/m1/s1. The summed E-state index contributed by atoms with van der Waals surface area (Å²) in [6.45, 7) is 13.2. The minimum absolute atomic E-state index is 0.0640. The van der Waals surface area contributed by atoms with Crippen molar-refractivity contribution in [2.24, 2.45) is 11.8 Å². The molecule has 2 amide bonds. The van der Waals surface area contributed by atoms with Gasteiger partial charge >= 0.3 is 0 Å². The average molecular weight is 401 g/mol. The Labute approximate surface area is 175 Å². The molecule has 29 heavy (non-hydrogen) atoms. The molecule has 0 aliphatic carbocycles. The summed E-state index contributed by atoms with van der Waals surface area (Å²) in [6.07, 6.45) is 1.22. The molecule has 0 unspecified atom stereocenters. The van der Waals surface area contributed by atoms with Gasteiger partial charge in [0.05, 0.1) is 13.1 Å². The molecule has 0 saturated carbocycles. The third-order valence-electron chi connectivity index (χ3n) is 6.15. The van der Waals surface area contributed by atoms with Gasteiger partial charge in [-0.25, -0.2) is 0 Å². The van der Waals surface area contributed by atoms with Gasteiger partial charge in [0.2, 0.25) is 11.8 Å². The van der Waals surface area contributed by atoms with E-state index in [4.69, 9.17) is 0 Å². The highest BCUT2D eigenvalue weighted by Gasteiger charge is 2.27. The van der Waals surface area contributed by atoms with Crippen LogP contribution in [0.2, 0.25) is 0 Å². The number of carbonyl (C=O) groups is 2. The second-order valence-electron chi connectivity index (χ2n) is 9.00. The second-order valence-corrected chi connectivity index (χ2v) is 9.00. The zero-order chi connectivity index (χ0) is 20.8. The summed E-state index contributed by atoms with van der Waals surface area (Å²) in [4.78, 5) is 31.4. The van der Waals surface area contributed by atoms with Gasteiger partial charge in [-0.05, 0) is 36.3 Å². The van der Waals surface area contributed by atoms with Crippen LogP contribution in [0.4, 0.5) is 0 Å². The maximum atomic E-state index is 12.7. The van der Waals surface area contributed by atoms with Crippen molar-refractivity contribution in [1.29, 1.82) is 0 Å². The highest BCUT2D eigenvalue weighted by molar-refractivity contribution is 5.79. The van der Waals surface area contributed by atoms with Crippen LogP contribution in [-0.2, 0) is 16.1 Å². The Balaban J connectivity index is 1.36. The molecule has 0 aromatic heterocycles. The molecular formula is C23H36N4O2. The molecule has 3 rings (SSSR count). The van der Waals surface area contributed by atoms with Crippen molar-refractivity contribution in [3.8, 4) is 0 Å². The SMILES string of the molecule is Cc1ccccc1CNC(=O)CN1CCN(CC(=O)N2C[C@H](C)C[C@@H](C)C2)CC1. The lowest BCUT2D eigenvalue weighted by molar-refractivity contribution is -0.135. The second kappa shape index (κ2) is 10.2. The summed E-state index contributed by atoms with van der Waals surface area (Å²) < 4.78 is 0. The Morgan fingerprint density at radius 3 is 2.17 bits per heavy atom. The average Bonchev–Trinajstić information content (AvgIpc) is 2.68. The van der Waals surface area contributed by atoms with Crippen LogP contribution in [0.3, 0.4) is 0 Å². The molecule has 0 spiro atoms. The number of hydrogen-bond donors (Lipinski definition) is 1. The van der Waals surface area contributed by atoms with Gasteiger partial charge in [-0.2, -0.15) is 0 Å². The summed E-state index contributed by atoms with van der Waals surface area (Å²) in [5, 5.41) is 3.03. The number of aryl methyl sites for hydroxylation is 1. The van der Waals surface area contributed by atoms with Gasteiger partial charge in [0.1, 0.15) is 0 Å². The summed E-state index contributed by atoms with van der Waals surface area (Å²) in [6, 6.07) is 8.12. The van der Waals surface area contributed by atoms with Crippen LogP contribution in [0.15, 0.2) is 24.3 Å². The van der Waals surface area contributed by atoms with E-state index in [9.17, 15) is 9.59 Å². The topological polar surface area (TPSA) is 55.9 Å². The van der Waals surface area contributed by atoms with E-state index in [-0.39, 0.29) is 11.8 Å². The molecule has 160 valence electrons. The first-order valence-corrected chi connectivity index (χ1v) is 10.9. The Hall–Kier alpha value is -1.92. The summed E-state index contributed by atoms with van der Waals surface area (Å²) in [7, 11) is 0. The quantitative estimate of drug-likeness (QED) is 0.790. The molecule has 0 bridgehead atoms. The molecule has 2 fully saturated rings. The normalized spacial score (nSPS) is 23.8. The van der Waals surface area contributed by atoms with E-state index in [1.807, 2.05) is 17.0 Å². The zero-order valence-electron chi connectivity index (χ0n) is 18.2. The minimum Gasteiger partial charge on any atom is -0.351 e. The third kappa shape index (κ3) is 6.54. The lowest BCUT2D eigenvalue weighted by Crippen LogP contribution is -2.53. The van der Waals surface area contributed by atoms with E-state index in [1.165, 1.54) is 12.0 Å². The number of rotatable bonds is 6. The van der Waals surface area contributed by atoms with Gasteiger partial charge in [0, 0.05) is 45.8 Å². The number of amides is 2. The van der Waals surface area contributed by atoms with E-state index in [1.54, 1.807) is 0 Å². The highest BCUT2D eigenvalue weighted by atomic mass is 16.2. The Bertz CT molecular complexity index is 690. The molecular weight excluding hydrogens is 364 g/mol. The Morgan fingerprint density at radius 2 is 1.55 bits per heavy atom. The van der Waals surface area contributed by atoms with Gasteiger partial charge in [-0.1, -0.05) is 38.1 Å². The van der Waals surface area contributed by atoms with Crippen LogP contribution in [0.1, 0.15) is 31.4 Å². The summed E-state index contributed by atoms with van der Waals surface area (Å²) in [5.74, 6) is 1.51. The van der Waals surface area contributed by atoms with Gasteiger partial charge in [-0.3, -0.25) is 19.4 Å². The van der Waals surface area contributed by atoms with Gasteiger partial charge in [-0.15, -0.1) is 0 Å². The number of piperazine rings is 1. The minimum atomic E-state index is 0.0640. The van der Waals surface area contributed by atoms with Crippen molar-refractivity contribution >= 4 is 11.8 Å². The molecule has 2 aliphatic rings. The van der Waals surface area contributed by atoms with Crippen molar-refractivity contribution in [2.75, 3.05) is 52.4 Å². The van der Waals surface area contributed by atoms with Crippen LogP contribution < -0.4 is 5.32 Å². The van der Waals surface area contributed by atoms with Gasteiger partial charge in [0.25, 0.3) is 0 Å². The number of nitrogens with one attached hydrogen (secondary N) is 1. The van der Waals surface area contributed by atoms with Crippen LogP contribution >= 0.6 is 0 Å². The monoisotopic (exact) mass is 400 g/mol.